The third-order valence-corrected chi connectivity index (χ3v) is 6.46. The minimum absolute atomic E-state index is 0.349. The third kappa shape index (κ3) is 6.87. The zero-order valence-corrected chi connectivity index (χ0v) is 18.4. The van der Waals surface area contributed by atoms with Crippen LogP contribution in [0.2, 0.25) is 39.3 Å². The summed E-state index contributed by atoms with van der Waals surface area (Å²) in [6.45, 7) is 14.7. The molecule has 7 heteroatoms. The second kappa shape index (κ2) is 7.06. The maximum Gasteiger partial charge on any atom is 0.339 e. The van der Waals surface area contributed by atoms with Crippen molar-refractivity contribution in [2.24, 2.45) is 0 Å². The van der Waals surface area contributed by atoms with Gasteiger partial charge in [0.2, 0.25) is 8.32 Å². The fourth-order valence-corrected chi connectivity index (χ4v) is 5.96. The van der Waals surface area contributed by atoms with E-state index in [1.54, 1.807) is 6.26 Å². The number of ether oxygens (including phenoxy) is 1. The van der Waals surface area contributed by atoms with Gasteiger partial charge in [-0.1, -0.05) is 6.92 Å². The predicted octanol–water partition coefficient (Wildman–Crippen LogP) is 2.22. The van der Waals surface area contributed by atoms with E-state index in [1.165, 1.54) is 7.11 Å². The van der Waals surface area contributed by atoms with E-state index in [2.05, 4.69) is 39.3 Å². The SMILES string of the molecule is CCC([SiH3])(O[Si](C)(C)C)C(=CO[Si](C)(C)C)C(=O)OC. The summed E-state index contributed by atoms with van der Waals surface area (Å²) in [7, 11) is -1.39. The molecule has 0 fully saturated rings. The molecule has 0 aliphatic rings. The van der Waals surface area contributed by atoms with Crippen LogP contribution in [0.5, 0.6) is 0 Å². The molecule has 0 heterocycles. The molecule has 0 aliphatic carbocycles. The lowest BCUT2D eigenvalue weighted by molar-refractivity contribution is -0.137. The second-order valence-corrected chi connectivity index (χ2v) is 17.6. The van der Waals surface area contributed by atoms with Crippen molar-refractivity contribution in [2.45, 2.75) is 57.9 Å². The average molecular weight is 335 g/mol. The number of methoxy groups -OCH3 is 1. The van der Waals surface area contributed by atoms with Crippen LogP contribution < -0.4 is 0 Å². The molecular formula is C13H30O4Si3. The molecule has 1 atom stereocenters. The Morgan fingerprint density at radius 3 is 1.95 bits per heavy atom. The lowest BCUT2D eigenvalue weighted by Gasteiger charge is -2.36. The lowest BCUT2D eigenvalue weighted by atomic mass is 10.1. The molecule has 0 rings (SSSR count). The number of carbonyl (C=O) groups excluding carboxylic acids is 1. The number of rotatable bonds is 7. The van der Waals surface area contributed by atoms with Crippen molar-refractivity contribution < 1.29 is 18.4 Å². The van der Waals surface area contributed by atoms with Crippen LogP contribution in [0.15, 0.2) is 11.8 Å². The first-order chi connectivity index (χ1) is 8.84. The Balaban J connectivity index is 5.53. The summed E-state index contributed by atoms with van der Waals surface area (Å²) in [5, 5.41) is -0.531. The van der Waals surface area contributed by atoms with Crippen LogP contribution in [-0.2, 0) is 18.4 Å². The summed E-state index contributed by atoms with van der Waals surface area (Å²) in [6.07, 6.45) is 2.34. The smallest absolute Gasteiger partial charge is 0.339 e. The molecule has 0 radical (unpaired) electrons. The van der Waals surface area contributed by atoms with Crippen molar-refractivity contribution >= 4 is 32.8 Å². The van der Waals surface area contributed by atoms with Gasteiger partial charge in [0, 0.05) is 10.2 Å². The normalized spacial score (nSPS) is 16.7. The molecular weight excluding hydrogens is 304 g/mol. The molecule has 0 N–H and O–H groups in total. The van der Waals surface area contributed by atoms with Crippen molar-refractivity contribution in [3.63, 3.8) is 0 Å². The van der Waals surface area contributed by atoms with Crippen molar-refractivity contribution in [1.82, 2.24) is 0 Å². The van der Waals surface area contributed by atoms with E-state index in [1.807, 2.05) is 6.92 Å². The van der Waals surface area contributed by atoms with Gasteiger partial charge in [0.25, 0.3) is 0 Å². The summed E-state index contributed by atoms with van der Waals surface area (Å²) in [6, 6.07) is 0. The molecule has 0 saturated heterocycles. The second-order valence-electron chi connectivity index (χ2n) is 7.05. The van der Waals surface area contributed by atoms with Crippen LogP contribution in [0.1, 0.15) is 13.3 Å². The molecule has 4 nitrogen and oxygen atoms in total. The molecule has 0 aromatic rings. The summed E-state index contributed by atoms with van der Waals surface area (Å²) in [5.41, 5.74) is 0.527. The van der Waals surface area contributed by atoms with Gasteiger partial charge in [-0.2, -0.15) is 0 Å². The maximum atomic E-state index is 12.1. The van der Waals surface area contributed by atoms with Crippen molar-refractivity contribution in [2.75, 3.05) is 7.11 Å². The largest absolute Gasteiger partial charge is 0.549 e. The Hall–Kier alpha value is -0.379. The van der Waals surface area contributed by atoms with Crippen LogP contribution in [0.4, 0.5) is 0 Å². The Morgan fingerprint density at radius 2 is 1.65 bits per heavy atom. The number of hydrogen-bond acceptors (Lipinski definition) is 4. The van der Waals surface area contributed by atoms with Crippen LogP contribution in [0.25, 0.3) is 0 Å². The molecule has 20 heavy (non-hydrogen) atoms. The van der Waals surface area contributed by atoms with Crippen LogP contribution >= 0.6 is 0 Å². The molecule has 1 unspecified atom stereocenters. The third-order valence-electron chi connectivity index (χ3n) is 2.71. The van der Waals surface area contributed by atoms with E-state index in [4.69, 9.17) is 13.6 Å². The fourth-order valence-electron chi connectivity index (χ4n) is 1.73. The van der Waals surface area contributed by atoms with E-state index in [9.17, 15) is 4.79 Å². The summed E-state index contributed by atoms with van der Waals surface area (Å²) < 4.78 is 17.0. The van der Waals surface area contributed by atoms with Gasteiger partial charge in [0.15, 0.2) is 8.32 Å². The zero-order valence-electron chi connectivity index (χ0n) is 14.4. The van der Waals surface area contributed by atoms with Gasteiger partial charge in [-0.25, -0.2) is 4.79 Å². The summed E-state index contributed by atoms with van der Waals surface area (Å²) in [4.78, 5) is 12.1. The van der Waals surface area contributed by atoms with Crippen LogP contribution in [-0.4, -0.2) is 45.2 Å². The van der Waals surface area contributed by atoms with Gasteiger partial charge in [-0.3, -0.25) is 0 Å². The topological polar surface area (TPSA) is 44.8 Å². The predicted molar refractivity (Wildman–Crippen MR) is 91.9 cm³/mol. The Labute approximate surface area is 128 Å². The van der Waals surface area contributed by atoms with Gasteiger partial charge in [-0.15, -0.1) is 0 Å². The first-order valence-corrected chi connectivity index (χ1v) is 14.8. The monoisotopic (exact) mass is 334 g/mol. The van der Waals surface area contributed by atoms with Crippen molar-refractivity contribution in [3.8, 4) is 0 Å². The van der Waals surface area contributed by atoms with Gasteiger partial charge >= 0.3 is 5.97 Å². The molecule has 0 spiro atoms. The first kappa shape index (κ1) is 19.6. The highest BCUT2D eigenvalue weighted by atomic mass is 28.4. The quantitative estimate of drug-likeness (QED) is 0.310. The highest BCUT2D eigenvalue weighted by Crippen LogP contribution is 2.28. The summed E-state index contributed by atoms with van der Waals surface area (Å²) >= 11 is 0. The molecule has 0 aromatic heterocycles. The van der Waals surface area contributed by atoms with E-state index >= 15 is 0 Å². The molecule has 0 aliphatic heterocycles. The highest BCUT2D eigenvalue weighted by molar-refractivity contribution is 6.70. The Kier molecular flexibility index (Phi) is 6.92. The van der Waals surface area contributed by atoms with Gasteiger partial charge in [0.05, 0.1) is 24.2 Å². The average Bonchev–Trinajstić information content (AvgIpc) is 2.24. The van der Waals surface area contributed by atoms with Crippen molar-refractivity contribution in [1.29, 1.82) is 0 Å². The number of esters is 1. The fraction of sp³-hybridized carbons (Fsp3) is 0.769. The molecule has 118 valence electrons. The van der Waals surface area contributed by atoms with Crippen LogP contribution in [0, 0.1) is 0 Å². The van der Waals surface area contributed by atoms with E-state index in [0.29, 0.717) is 15.8 Å². The molecule has 0 aromatic carbocycles. The molecule has 0 saturated carbocycles. The summed E-state index contributed by atoms with van der Waals surface area (Å²) in [5.74, 6) is -0.349. The Bertz CT molecular complexity index is 369. The number of hydrogen-bond donors (Lipinski definition) is 0. The van der Waals surface area contributed by atoms with E-state index in [0.717, 1.165) is 6.42 Å². The lowest BCUT2D eigenvalue weighted by Crippen LogP contribution is -2.46. The minimum Gasteiger partial charge on any atom is -0.549 e. The highest BCUT2D eigenvalue weighted by Gasteiger charge is 2.38. The van der Waals surface area contributed by atoms with E-state index in [-0.39, 0.29) is 5.97 Å². The first-order valence-electron chi connectivity index (χ1n) is 7.01. The minimum atomic E-state index is -1.77. The van der Waals surface area contributed by atoms with E-state index < -0.39 is 21.9 Å². The van der Waals surface area contributed by atoms with Gasteiger partial charge in [0.1, 0.15) is 0 Å². The van der Waals surface area contributed by atoms with Gasteiger partial charge in [-0.05, 0) is 45.7 Å². The van der Waals surface area contributed by atoms with Gasteiger partial charge < -0.3 is 13.6 Å². The van der Waals surface area contributed by atoms with Crippen molar-refractivity contribution in [3.05, 3.63) is 11.8 Å². The maximum absolute atomic E-state index is 12.1. The van der Waals surface area contributed by atoms with Crippen LogP contribution in [0.3, 0.4) is 0 Å². The Morgan fingerprint density at radius 1 is 1.15 bits per heavy atom. The number of carbonyl (C=O) groups is 1. The standard InChI is InChI=1S/C13H30O4Si3/c1-9-13(18,17-20(6,7)8)11(12(14)15-2)10-16-19(3,4)5/h10H,9H2,1-8,18H3. The molecule has 0 amide bonds. The molecule has 0 bridgehead atoms. The zero-order chi connectivity index (χ0) is 16.2.